The molecule has 1 aromatic carbocycles. The molecule has 1 aromatic rings. The fraction of sp³-hybridized carbons (Fsp3) is 0.529. The topological polar surface area (TPSA) is 37.4 Å². The van der Waals surface area contributed by atoms with Gasteiger partial charge in [0, 0.05) is 22.7 Å². The zero-order chi connectivity index (χ0) is 15.7. The van der Waals surface area contributed by atoms with Crippen molar-refractivity contribution in [2.24, 2.45) is 0 Å². The molecule has 2 aliphatic heterocycles. The van der Waals surface area contributed by atoms with E-state index in [1.807, 2.05) is 43.0 Å². The molecule has 0 amide bonds. The Hall–Kier alpha value is -0.780. The molecule has 0 aliphatic carbocycles. The Morgan fingerprint density at radius 3 is 2.27 bits per heavy atom. The largest absolute Gasteiger partial charge is 0.236 e. The van der Waals surface area contributed by atoms with Gasteiger partial charge in [0.2, 0.25) is 10.0 Å². The zero-order valence-corrected chi connectivity index (χ0v) is 14.7. The quantitative estimate of drug-likeness (QED) is 0.841. The SMILES string of the molecule is CSC1CC2CCC(C1)N2S(=O)(=O)C=Cc1ccc(C)cc1. The lowest BCUT2D eigenvalue weighted by Gasteiger charge is -2.36. The second kappa shape index (κ2) is 6.38. The molecule has 0 radical (unpaired) electrons. The van der Waals surface area contributed by atoms with Crippen LogP contribution in [0.4, 0.5) is 0 Å². The summed E-state index contributed by atoms with van der Waals surface area (Å²) in [6, 6.07) is 8.30. The standard InChI is InChI=1S/C17H23NO2S2/c1-13-3-5-14(6-4-13)9-10-22(19,20)18-15-7-8-16(18)12-17(11-15)21-2/h3-6,9-10,15-17H,7-8,11-12H2,1-2H3. The van der Waals surface area contributed by atoms with Gasteiger partial charge < -0.3 is 0 Å². The van der Waals surface area contributed by atoms with E-state index in [1.165, 1.54) is 11.0 Å². The highest BCUT2D eigenvalue weighted by molar-refractivity contribution is 7.99. The van der Waals surface area contributed by atoms with E-state index < -0.39 is 10.0 Å². The van der Waals surface area contributed by atoms with Crippen molar-refractivity contribution in [3.05, 3.63) is 40.8 Å². The number of benzene rings is 1. The van der Waals surface area contributed by atoms with E-state index in [-0.39, 0.29) is 12.1 Å². The second-order valence-electron chi connectivity index (χ2n) is 6.30. The van der Waals surface area contributed by atoms with Crippen molar-refractivity contribution in [2.45, 2.75) is 49.9 Å². The first kappa shape index (κ1) is 16.1. The van der Waals surface area contributed by atoms with Gasteiger partial charge in [0.15, 0.2) is 0 Å². The van der Waals surface area contributed by atoms with Gasteiger partial charge in [0.1, 0.15) is 0 Å². The molecule has 2 saturated heterocycles. The van der Waals surface area contributed by atoms with Crippen molar-refractivity contribution in [3.63, 3.8) is 0 Å². The summed E-state index contributed by atoms with van der Waals surface area (Å²) in [6.07, 6.45) is 7.86. The molecule has 2 unspecified atom stereocenters. The van der Waals surface area contributed by atoms with Crippen molar-refractivity contribution in [3.8, 4) is 0 Å². The molecule has 2 fully saturated rings. The number of sulfonamides is 1. The van der Waals surface area contributed by atoms with Crippen LogP contribution in [0.2, 0.25) is 0 Å². The van der Waals surface area contributed by atoms with Crippen LogP contribution in [0.15, 0.2) is 29.7 Å². The van der Waals surface area contributed by atoms with Crippen molar-refractivity contribution in [1.82, 2.24) is 4.31 Å². The Kier molecular flexibility index (Phi) is 4.67. The summed E-state index contributed by atoms with van der Waals surface area (Å²) in [6.45, 7) is 2.03. The Labute approximate surface area is 137 Å². The second-order valence-corrected chi connectivity index (χ2v) is 9.16. The fourth-order valence-electron chi connectivity index (χ4n) is 3.60. The van der Waals surface area contributed by atoms with Crippen LogP contribution in [-0.2, 0) is 10.0 Å². The lowest BCUT2D eigenvalue weighted by atomic mass is 10.1. The average Bonchev–Trinajstić information content (AvgIpc) is 2.79. The minimum Gasteiger partial charge on any atom is -0.207 e. The minimum atomic E-state index is -3.32. The summed E-state index contributed by atoms with van der Waals surface area (Å²) < 4.78 is 27.2. The predicted molar refractivity (Wildman–Crippen MR) is 94.3 cm³/mol. The van der Waals surface area contributed by atoms with Gasteiger partial charge in [0.25, 0.3) is 0 Å². The number of rotatable bonds is 4. The van der Waals surface area contributed by atoms with Gasteiger partial charge in [-0.15, -0.1) is 0 Å². The van der Waals surface area contributed by atoms with Crippen LogP contribution in [0.25, 0.3) is 6.08 Å². The molecular weight excluding hydrogens is 314 g/mol. The summed E-state index contributed by atoms with van der Waals surface area (Å²) in [7, 11) is -3.32. The summed E-state index contributed by atoms with van der Waals surface area (Å²) in [5.74, 6) is 0. The third-order valence-electron chi connectivity index (χ3n) is 4.76. The van der Waals surface area contributed by atoms with E-state index in [1.54, 1.807) is 10.4 Å². The average molecular weight is 338 g/mol. The number of hydrogen-bond acceptors (Lipinski definition) is 3. The molecule has 0 saturated carbocycles. The van der Waals surface area contributed by atoms with Gasteiger partial charge in [-0.25, -0.2) is 8.42 Å². The van der Waals surface area contributed by atoms with Crippen molar-refractivity contribution >= 4 is 27.9 Å². The third-order valence-corrected chi connectivity index (χ3v) is 7.48. The van der Waals surface area contributed by atoms with E-state index in [0.29, 0.717) is 5.25 Å². The molecule has 2 bridgehead atoms. The molecule has 3 rings (SSSR count). The Bertz CT molecular complexity index is 638. The number of piperidine rings is 1. The van der Waals surface area contributed by atoms with Crippen LogP contribution >= 0.6 is 11.8 Å². The lowest BCUT2D eigenvalue weighted by molar-refractivity contribution is 0.256. The van der Waals surface area contributed by atoms with E-state index in [4.69, 9.17) is 0 Å². The molecule has 2 atom stereocenters. The number of hydrogen-bond donors (Lipinski definition) is 0. The van der Waals surface area contributed by atoms with Gasteiger partial charge in [-0.2, -0.15) is 16.1 Å². The normalized spacial score (nSPS) is 29.3. The van der Waals surface area contributed by atoms with Crippen LogP contribution in [0, 0.1) is 6.92 Å². The highest BCUT2D eigenvalue weighted by atomic mass is 32.2. The molecule has 0 aromatic heterocycles. The molecule has 0 spiro atoms. The fourth-order valence-corrected chi connectivity index (χ4v) is 6.12. The lowest BCUT2D eigenvalue weighted by Crippen LogP contribution is -2.46. The number of fused-ring (bicyclic) bond motifs is 2. The van der Waals surface area contributed by atoms with Gasteiger partial charge in [-0.3, -0.25) is 0 Å². The first-order valence-electron chi connectivity index (χ1n) is 7.80. The van der Waals surface area contributed by atoms with E-state index in [0.717, 1.165) is 31.2 Å². The van der Waals surface area contributed by atoms with Crippen LogP contribution in [0.1, 0.15) is 36.8 Å². The smallest absolute Gasteiger partial charge is 0.207 e. The van der Waals surface area contributed by atoms with Crippen LogP contribution in [-0.4, -0.2) is 36.3 Å². The Morgan fingerprint density at radius 1 is 1.14 bits per heavy atom. The first-order valence-corrected chi connectivity index (χ1v) is 10.6. The van der Waals surface area contributed by atoms with Crippen molar-refractivity contribution < 1.29 is 8.42 Å². The zero-order valence-electron chi connectivity index (χ0n) is 13.1. The molecule has 5 heteroatoms. The van der Waals surface area contributed by atoms with Crippen LogP contribution in [0.3, 0.4) is 0 Å². The molecule has 2 heterocycles. The van der Waals surface area contributed by atoms with Crippen molar-refractivity contribution in [1.29, 1.82) is 0 Å². The monoisotopic (exact) mass is 337 g/mol. The Balaban J connectivity index is 1.77. The summed E-state index contributed by atoms with van der Waals surface area (Å²) >= 11 is 1.88. The van der Waals surface area contributed by atoms with E-state index in [2.05, 4.69) is 6.26 Å². The van der Waals surface area contributed by atoms with Gasteiger partial charge in [-0.1, -0.05) is 29.8 Å². The molecule has 2 aliphatic rings. The third kappa shape index (κ3) is 3.26. The van der Waals surface area contributed by atoms with Gasteiger partial charge in [-0.05, 0) is 50.5 Å². The highest BCUT2D eigenvalue weighted by Crippen LogP contribution is 2.41. The highest BCUT2D eigenvalue weighted by Gasteiger charge is 2.45. The molecule has 3 nitrogen and oxygen atoms in total. The number of nitrogens with zero attached hydrogens (tertiary/aromatic N) is 1. The number of thioether (sulfide) groups is 1. The minimum absolute atomic E-state index is 0.198. The van der Waals surface area contributed by atoms with Gasteiger partial charge in [0.05, 0.1) is 0 Å². The maximum absolute atomic E-state index is 12.7. The van der Waals surface area contributed by atoms with E-state index >= 15 is 0 Å². The summed E-state index contributed by atoms with van der Waals surface area (Å²) in [4.78, 5) is 0. The molecule has 0 N–H and O–H groups in total. The first-order chi connectivity index (χ1) is 10.5. The summed E-state index contributed by atoms with van der Waals surface area (Å²) in [5.41, 5.74) is 2.11. The maximum Gasteiger partial charge on any atom is 0.236 e. The molecular formula is C17H23NO2S2. The van der Waals surface area contributed by atoms with Crippen LogP contribution in [0.5, 0.6) is 0 Å². The number of aryl methyl sites for hydroxylation is 1. The van der Waals surface area contributed by atoms with Gasteiger partial charge >= 0.3 is 0 Å². The van der Waals surface area contributed by atoms with Crippen molar-refractivity contribution in [2.75, 3.05) is 6.26 Å². The predicted octanol–water partition coefficient (Wildman–Crippen LogP) is 3.65. The van der Waals surface area contributed by atoms with E-state index in [9.17, 15) is 8.42 Å². The molecule has 22 heavy (non-hydrogen) atoms. The van der Waals surface area contributed by atoms with Crippen LogP contribution < -0.4 is 0 Å². The summed E-state index contributed by atoms with van der Waals surface area (Å²) in [5, 5.41) is 2.01. The Morgan fingerprint density at radius 2 is 1.73 bits per heavy atom. The molecule has 120 valence electrons. The maximum atomic E-state index is 12.7.